The van der Waals surface area contributed by atoms with Crippen LogP contribution in [0.2, 0.25) is 0 Å². The molecule has 2 rings (SSSR count). The van der Waals surface area contributed by atoms with Crippen molar-refractivity contribution in [1.82, 2.24) is 4.98 Å². The van der Waals surface area contributed by atoms with Crippen LogP contribution in [-0.2, 0) is 5.41 Å². The van der Waals surface area contributed by atoms with Crippen LogP contribution in [0, 0.1) is 0 Å². The second kappa shape index (κ2) is 5.50. The van der Waals surface area contributed by atoms with E-state index < -0.39 is 5.97 Å². The molecule has 0 fully saturated rings. The Kier molecular flexibility index (Phi) is 3.94. The summed E-state index contributed by atoms with van der Waals surface area (Å²) in [6, 6.07) is 5.49. The van der Waals surface area contributed by atoms with Gasteiger partial charge in [-0.3, -0.25) is 0 Å². The van der Waals surface area contributed by atoms with Crippen molar-refractivity contribution in [1.29, 1.82) is 0 Å². The van der Waals surface area contributed by atoms with E-state index in [4.69, 9.17) is 5.73 Å². The van der Waals surface area contributed by atoms with Crippen LogP contribution in [0.5, 0.6) is 0 Å². The molecule has 5 nitrogen and oxygen atoms in total. The van der Waals surface area contributed by atoms with Crippen LogP contribution in [-0.4, -0.2) is 22.6 Å². The first-order valence-electron chi connectivity index (χ1n) is 6.17. The van der Waals surface area contributed by atoms with E-state index in [0.29, 0.717) is 18.1 Å². The molecule has 6 heteroatoms. The number of aromatic carboxylic acids is 1. The number of nitrogens with zero attached hydrogens (tertiary/aromatic N) is 1. The summed E-state index contributed by atoms with van der Waals surface area (Å²) in [6.45, 7) is 4.79. The second-order valence-electron chi connectivity index (χ2n) is 5.18. The lowest BCUT2D eigenvalue weighted by Gasteiger charge is -2.24. The molecule has 0 radical (unpaired) electrons. The van der Waals surface area contributed by atoms with Crippen LogP contribution in [0.4, 0.5) is 11.5 Å². The van der Waals surface area contributed by atoms with Crippen LogP contribution in [0.25, 0.3) is 0 Å². The molecule has 20 heavy (non-hydrogen) atoms. The van der Waals surface area contributed by atoms with Crippen molar-refractivity contribution in [3.05, 3.63) is 40.2 Å². The number of carboxylic acid groups (broad SMARTS) is 1. The Morgan fingerprint density at radius 2 is 2.30 bits per heavy atom. The first-order valence-corrected chi connectivity index (χ1v) is 7.05. The van der Waals surface area contributed by atoms with Crippen molar-refractivity contribution in [3.63, 3.8) is 0 Å². The summed E-state index contributed by atoms with van der Waals surface area (Å²) >= 11 is 1.68. The van der Waals surface area contributed by atoms with E-state index in [1.165, 1.54) is 17.1 Å². The first kappa shape index (κ1) is 14.3. The number of nitrogens with one attached hydrogen (secondary N) is 1. The molecule has 0 unspecified atom stereocenters. The van der Waals surface area contributed by atoms with Gasteiger partial charge in [0.1, 0.15) is 11.4 Å². The molecule has 0 aromatic carbocycles. The molecule has 0 atom stereocenters. The predicted molar refractivity (Wildman–Crippen MR) is 81.4 cm³/mol. The average Bonchev–Trinajstić information content (AvgIpc) is 2.91. The Labute approximate surface area is 121 Å². The number of nitrogens with two attached hydrogens (primary N) is 1. The molecule has 0 saturated carbocycles. The number of pyridine rings is 1. The van der Waals surface area contributed by atoms with Crippen LogP contribution < -0.4 is 11.1 Å². The van der Waals surface area contributed by atoms with Crippen molar-refractivity contribution in [2.75, 3.05) is 17.6 Å². The fourth-order valence-electron chi connectivity index (χ4n) is 1.84. The van der Waals surface area contributed by atoms with Crippen LogP contribution in [0.15, 0.2) is 29.8 Å². The number of hydrogen-bond donors (Lipinski definition) is 3. The maximum atomic E-state index is 11.2. The number of thiophene rings is 1. The van der Waals surface area contributed by atoms with Gasteiger partial charge in [0, 0.05) is 16.8 Å². The molecule has 0 aliphatic rings. The van der Waals surface area contributed by atoms with E-state index >= 15 is 0 Å². The molecule has 0 bridgehead atoms. The zero-order chi connectivity index (χ0) is 14.8. The smallest absolute Gasteiger partial charge is 0.339 e. The van der Waals surface area contributed by atoms with Crippen molar-refractivity contribution >= 4 is 28.8 Å². The lowest BCUT2D eigenvalue weighted by molar-refractivity contribution is 0.0697. The van der Waals surface area contributed by atoms with E-state index in [9.17, 15) is 9.90 Å². The summed E-state index contributed by atoms with van der Waals surface area (Å²) in [6.07, 6.45) is 1.45. The van der Waals surface area contributed by atoms with E-state index in [1.807, 2.05) is 11.4 Å². The summed E-state index contributed by atoms with van der Waals surface area (Å²) < 4.78 is 0. The van der Waals surface area contributed by atoms with E-state index in [1.54, 1.807) is 11.3 Å². The standard InChI is InChI=1S/C14H17N3O2S/c1-14(2,11-4-3-5-20-11)8-17-12-10(13(18)19)6-9(15)7-16-12/h3-7H,8,15H2,1-2H3,(H,16,17)(H,18,19). The molecule has 2 heterocycles. The molecule has 0 amide bonds. The Balaban J connectivity index is 2.17. The summed E-state index contributed by atoms with van der Waals surface area (Å²) in [7, 11) is 0. The van der Waals surface area contributed by atoms with Gasteiger partial charge in [0.05, 0.1) is 11.9 Å². The van der Waals surface area contributed by atoms with Crippen molar-refractivity contribution in [2.45, 2.75) is 19.3 Å². The molecule has 106 valence electrons. The minimum Gasteiger partial charge on any atom is -0.478 e. The highest BCUT2D eigenvalue weighted by Gasteiger charge is 2.22. The molecule has 0 aliphatic carbocycles. The SMILES string of the molecule is CC(C)(CNc1ncc(N)cc1C(=O)O)c1cccs1. The minimum atomic E-state index is -1.04. The molecule has 0 saturated heterocycles. The Bertz CT molecular complexity index is 609. The van der Waals surface area contributed by atoms with Gasteiger partial charge in [-0.05, 0) is 17.5 Å². The molecule has 4 N–H and O–H groups in total. The van der Waals surface area contributed by atoms with Crippen molar-refractivity contribution in [2.24, 2.45) is 0 Å². The van der Waals surface area contributed by atoms with Gasteiger partial charge in [0.15, 0.2) is 0 Å². The largest absolute Gasteiger partial charge is 0.478 e. The maximum absolute atomic E-state index is 11.2. The summed E-state index contributed by atoms with van der Waals surface area (Å²) in [5.74, 6) is -0.697. The summed E-state index contributed by atoms with van der Waals surface area (Å²) in [4.78, 5) is 16.5. The quantitative estimate of drug-likeness (QED) is 0.788. The predicted octanol–water partition coefficient (Wildman–Crippen LogP) is 2.81. The van der Waals surface area contributed by atoms with Gasteiger partial charge in [-0.15, -0.1) is 11.3 Å². The molecular formula is C14H17N3O2S. The Morgan fingerprint density at radius 1 is 1.55 bits per heavy atom. The van der Waals surface area contributed by atoms with Crippen LogP contribution >= 0.6 is 11.3 Å². The van der Waals surface area contributed by atoms with E-state index in [0.717, 1.165) is 0 Å². The van der Waals surface area contributed by atoms with Crippen molar-refractivity contribution < 1.29 is 9.90 Å². The van der Waals surface area contributed by atoms with E-state index in [2.05, 4.69) is 30.2 Å². The normalized spacial score (nSPS) is 11.3. The second-order valence-corrected chi connectivity index (χ2v) is 6.13. The van der Waals surface area contributed by atoms with Gasteiger partial charge in [-0.25, -0.2) is 9.78 Å². The molecule has 2 aromatic heterocycles. The van der Waals surface area contributed by atoms with Gasteiger partial charge in [0.25, 0.3) is 0 Å². The molecule has 2 aromatic rings. The third kappa shape index (κ3) is 3.08. The number of anilines is 2. The molecule has 0 spiro atoms. The van der Waals surface area contributed by atoms with Gasteiger partial charge in [-0.1, -0.05) is 19.9 Å². The van der Waals surface area contributed by atoms with E-state index in [-0.39, 0.29) is 11.0 Å². The lowest BCUT2D eigenvalue weighted by Crippen LogP contribution is -2.27. The zero-order valence-corrected chi connectivity index (χ0v) is 12.2. The van der Waals surface area contributed by atoms with Gasteiger partial charge >= 0.3 is 5.97 Å². The monoisotopic (exact) mass is 291 g/mol. The highest BCUT2D eigenvalue weighted by Crippen LogP contribution is 2.28. The average molecular weight is 291 g/mol. The number of nitrogen functional groups attached to an aromatic ring is 1. The fraction of sp³-hybridized carbons (Fsp3) is 0.286. The maximum Gasteiger partial charge on any atom is 0.339 e. The fourth-order valence-corrected chi connectivity index (χ4v) is 2.69. The first-order chi connectivity index (χ1) is 9.40. The number of aromatic nitrogens is 1. The lowest BCUT2D eigenvalue weighted by atomic mass is 9.91. The summed E-state index contributed by atoms with van der Waals surface area (Å²) in [5, 5.41) is 14.3. The molecule has 0 aliphatic heterocycles. The van der Waals surface area contributed by atoms with Gasteiger partial charge in [0.2, 0.25) is 0 Å². The number of rotatable bonds is 5. The third-order valence-corrected chi connectivity index (χ3v) is 4.26. The third-order valence-electron chi connectivity index (χ3n) is 3.03. The number of hydrogen-bond acceptors (Lipinski definition) is 5. The highest BCUT2D eigenvalue weighted by molar-refractivity contribution is 7.10. The van der Waals surface area contributed by atoms with Crippen LogP contribution in [0.3, 0.4) is 0 Å². The summed E-state index contributed by atoms with van der Waals surface area (Å²) in [5.41, 5.74) is 5.90. The minimum absolute atomic E-state index is 0.0898. The Hall–Kier alpha value is -2.08. The Morgan fingerprint density at radius 3 is 2.90 bits per heavy atom. The van der Waals surface area contributed by atoms with Gasteiger partial charge in [-0.2, -0.15) is 0 Å². The van der Waals surface area contributed by atoms with Gasteiger partial charge < -0.3 is 16.2 Å². The van der Waals surface area contributed by atoms with Crippen LogP contribution in [0.1, 0.15) is 29.1 Å². The number of carboxylic acids is 1. The number of carbonyl (C=O) groups is 1. The topological polar surface area (TPSA) is 88.2 Å². The molecular weight excluding hydrogens is 274 g/mol. The zero-order valence-electron chi connectivity index (χ0n) is 11.4. The van der Waals surface area contributed by atoms with Crippen molar-refractivity contribution in [3.8, 4) is 0 Å². The highest BCUT2D eigenvalue weighted by atomic mass is 32.1.